The summed E-state index contributed by atoms with van der Waals surface area (Å²) in [5.74, 6) is 0. The molecular formula is C22H25BrN2O4S. The molecule has 6 nitrogen and oxygen atoms in total. The van der Waals surface area contributed by atoms with Gasteiger partial charge in [-0.1, -0.05) is 28.1 Å². The summed E-state index contributed by atoms with van der Waals surface area (Å²) >= 11 is 3.50. The molecule has 3 aromatic rings. The zero-order valence-corrected chi connectivity index (χ0v) is 20.3. The van der Waals surface area contributed by atoms with E-state index in [4.69, 9.17) is 4.74 Å². The van der Waals surface area contributed by atoms with Crippen molar-refractivity contribution in [3.05, 3.63) is 52.6 Å². The molecule has 0 saturated carbocycles. The van der Waals surface area contributed by atoms with Crippen LogP contribution in [0.4, 0.5) is 4.79 Å². The van der Waals surface area contributed by atoms with Crippen LogP contribution in [-0.4, -0.2) is 43.1 Å². The third-order valence-electron chi connectivity index (χ3n) is 4.64. The first-order valence-electron chi connectivity index (χ1n) is 9.40. The molecule has 0 aliphatic heterocycles. The van der Waals surface area contributed by atoms with E-state index in [1.165, 1.54) is 23.0 Å². The molecule has 0 atom stereocenters. The van der Waals surface area contributed by atoms with E-state index in [0.717, 1.165) is 15.4 Å². The Balaban J connectivity index is 2.29. The number of carbonyl (C=O) groups is 1. The number of hydrogen-bond acceptors (Lipinski definition) is 4. The van der Waals surface area contributed by atoms with Gasteiger partial charge in [0.2, 0.25) is 10.0 Å². The zero-order valence-electron chi connectivity index (χ0n) is 17.9. The molecule has 0 aliphatic carbocycles. The van der Waals surface area contributed by atoms with Crippen molar-refractivity contribution in [1.29, 1.82) is 0 Å². The largest absolute Gasteiger partial charge is 0.443 e. The van der Waals surface area contributed by atoms with Crippen molar-refractivity contribution < 1.29 is 17.9 Å². The standard InChI is InChI=1S/C22H25BrN2O4S/c1-14-20(15-8-7-9-17(12-15)30(27,28)24(5)6)18-13-16(23)10-11-19(18)25(14)21(26)29-22(2,3)4/h7-13H,1-6H3. The summed E-state index contributed by atoms with van der Waals surface area (Å²) in [5.41, 5.74) is 2.22. The first kappa shape index (κ1) is 22.5. The molecule has 30 heavy (non-hydrogen) atoms. The van der Waals surface area contributed by atoms with Gasteiger partial charge in [0.25, 0.3) is 0 Å². The minimum absolute atomic E-state index is 0.192. The van der Waals surface area contributed by atoms with E-state index < -0.39 is 21.7 Å². The molecular weight excluding hydrogens is 468 g/mol. The maximum atomic E-state index is 13.0. The number of ether oxygens (including phenoxy) is 1. The fourth-order valence-electron chi connectivity index (χ4n) is 3.32. The molecule has 8 heteroatoms. The highest BCUT2D eigenvalue weighted by atomic mass is 79.9. The predicted molar refractivity (Wildman–Crippen MR) is 122 cm³/mol. The van der Waals surface area contributed by atoms with E-state index in [9.17, 15) is 13.2 Å². The number of rotatable bonds is 3. The summed E-state index contributed by atoms with van der Waals surface area (Å²) in [6.45, 7) is 7.29. The van der Waals surface area contributed by atoms with Gasteiger partial charge in [-0.2, -0.15) is 0 Å². The third-order valence-corrected chi connectivity index (χ3v) is 6.95. The summed E-state index contributed by atoms with van der Waals surface area (Å²) in [6, 6.07) is 12.4. The van der Waals surface area contributed by atoms with Crippen LogP contribution in [-0.2, 0) is 14.8 Å². The molecule has 1 aromatic heterocycles. The molecule has 0 unspecified atom stereocenters. The molecule has 3 rings (SSSR count). The lowest BCUT2D eigenvalue weighted by Gasteiger charge is -2.20. The highest BCUT2D eigenvalue weighted by Gasteiger charge is 2.25. The summed E-state index contributed by atoms with van der Waals surface area (Å²) in [4.78, 5) is 13.2. The van der Waals surface area contributed by atoms with Gasteiger partial charge in [-0.15, -0.1) is 0 Å². The summed E-state index contributed by atoms with van der Waals surface area (Å²) in [7, 11) is -0.592. The second kappa shape index (κ2) is 7.83. The molecule has 0 radical (unpaired) electrons. The van der Waals surface area contributed by atoms with E-state index in [2.05, 4.69) is 15.9 Å². The van der Waals surface area contributed by atoms with Gasteiger partial charge >= 0.3 is 6.09 Å². The van der Waals surface area contributed by atoms with Crippen LogP contribution >= 0.6 is 15.9 Å². The maximum Gasteiger partial charge on any atom is 0.419 e. The Kier molecular flexibility index (Phi) is 5.88. The minimum atomic E-state index is -3.59. The van der Waals surface area contributed by atoms with Crippen LogP contribution in [0.3, 0.4) is 0 Å². The molecule has 0 aliphatic rings. The van der Waals surface area contributed by atoms with Crippen molar-refractivity contribution in [2.24, 2.45) is 0 Å². The molecule has 0 amide bonds. The van der Waals surface area contributed by atoms with Crippen molar-refractivity contribution >= 4 is 42.9 Å². The highest BCUT2D eigenvalue weighted by Crippen LogP contribution is 2.37. The van der Waals surface area contributed by atoms with E-state index in [1.807, 2.05) is 52.0 Å². The van der Waals surface area contributed by atoms with Crippen LogP contribution in [0.2, 0.25) is 0 Å². The van der Waals surface area contributed by atoms with Crippen LogP contribution in [0.1, 0.15) is 26.5 Å². The number of sulfonamides is 1. The SMILES string of the molecule is Cc1c(-c2cccc(S(=O)(=O)N(C)C)c2)c2cc(Br)ccc2n1C(=O)OC(C)(C)C. The first-order valence-corrected chi connectivity index (χ1v) is 11.6. The first-order chi connectivity index (χ1) is 13.8. The van der Waals surface area contributed by atoms with Gasteiger partial charge in [-0.05, 0) is 63.6 Å². The van der Waals surface area contributed by atoms with Crippen molar-refractivity contribution in [1.82, 2.24) is 8.87 Å². The Morgan fingerprint density at radius 1 is 1.10 bits per heavy atom. The fourth-order valence-corrected chi connectivity index (χ4v) is 4.63. The lowest BCUT2D eigenvalue weighted by Crippen LogP contribution is -2.27. The van der Waals surface area contributed by atoms with Crippen LogP contribution in [0.15, 0.2) is 51.8 Å². The quantitative estimate of drug-likeness (QED) is 0.489. The second-order valence-corrected chi connectivity index (χ2v) is 11.3. The normalized spacial score (nSPS) is 12.5. The third kappa shape index (κ3) is 4.17. The molecule has 0 N–H and O–H groups in total. The number of nitrogens with zero attached hydrogens (tertiary/aromatic N) is 2. The molecule has 0 saturated heterocycles. The van der Waals surface area contributed by atoms with E-state index in [-0.39, 0.29) is 4.90 Å². The highest BCUT2D eigenvalue weighted by molar-refractivity contribution is 9.10. The number of carbonyl (C=O) groups excluding carboxylic acids is 1. The Bertz CT molecular complexity index is 1240. The average Bonchev–Trinajstić information content (AvgIpc) is 2.91. The molecule has 0 fully saturated rings. The Morgan fingerprint density at radius 2 is 1.77 bits per heavy atom. The van der Waals surface area contributed by atoms with Crippen molar-refractivity contribution in [2.45, 2.75) is 38.2 Å². The van der Waals surface area contributed by atoms with Crippen LogP contribution in [0.25, 0.3) is 22.0 Å². The van der Waals surface area contributed by atoms with Gasteiger partial charge in [-0.3, -0.25) is 0 Å². The number of aromatic nitrogens is 1. The van der Waals surface area contributed by atoms with Crippen LogP contribution in [0, 0.1) is 6.92 Å². The lowest BCUT2D eigenvalue weighted by atomic mass is 10.0. The minimum Gasteiger partial charge on any atom is -0.443 e. The lowest BCUT2D eigenvalue weighted by molar-refractivity contribution is 0.0542. The van der Waals surface area contributed by atoms with Crippen LogP contribution < -0.4 is 0 Å². The van der Waals surface area contributed by atoms with Gasteiger partial charge in [0.1, 0.15) is 5.60 Å². The van der Waals surface area contributed by atoms with Crippen LogP contribution in [0.5, 0.6) is 0 Å². The molecule has 1 heterocycles. The predicted octanol–water partition coefficient (Wildman–Crippen LogP) is 5.41. The molecule has 160 valence electrons. The Morgan fingerprint density at radius 3 is 2.37 bits per heavy atom. The fraction of sp³-hybridized carbons (Fsp3) is 0.318. The molecule has 2 aromatic carbocycles. The van der Waals surface area contributed by atoms with E-state index in [0.29, 0.717) is 16.8 Å². The Labute approximate surface area is 185 Å². The second-order valence-electron chi connectivity index (χ2n) is 8.25. The summed E-state index contributed by atoms with van der Waals surface area (Å²) in [6.07, 6.45) is -0.476. The zero-order chi connectivity index (χ0) is 22.4. The van der Waals surface area contributed by atoms with Gasteiger partial charge in [0.05, 0.1) is 10.4 Å². The van der Waals surface area contributed by atoms with Crippen molar-refractivity contribution in [2.75, 3.05) is 14.1 Å². The van der Waals surface area contributed by atoms with Gasteiger partial charge in [-0.25, -0.2) is 22.1 Å². The Hall–Kier alpha value is -2.16. The van der Waals surface area contributed by atoms with E-state index in [1.54, 1.807) is 18.2 Å². The maximum absolute atomic E-state index is 13.0. The monoisotopic (exact) mass is 492 g/mol. The average molecular weight is 493 g/mol. The van der Waals surface area contributed by atoms with Crippen molar-refractivity contribution in [3.63, 3.8) is 0 Å². The van der Waals surface area contributed by atoms with E-state index >= 15 is 0 Å². The summed E-state index contributed by atoms with van der Waals surface area (Å²) < 4.78 is 34.4. The number of hydrogen-bond donors (Lipinski definition) is 0. The molecule has 0 spiro atoms. The number of halogens is 1. The van der Waals surface area contributed by atoms with Gasteiger partial charge in [0.15, 0.2) is 0 Å². The van der Waals surface area contributed by atoms with Crippen molar-refractivity contribution in [3.8, 4) is 11.1 Å². The number of fused-ring (bicyclic) bond motifs is 1. The van der Waals surface area contributed by atoms with Gasteiger partial charge < -0.3 is 4.74 Å². The topological polar surface area (TPSA) is 68.6 Å². The molecule has 0 bridgehead atoms. The number of benzene rings is 2. The summed E-state index contributed by atoms with van der Waals surface area (Å²) in [5, 5.41) is 0.826. The smallest absolute Gasteiger partial charge is 0.419 e. The van der Waals surface area contributed by atoms with Gasteiger partial charge in [0, 0.05) is 35.2 Å².